The van der Waals surface area contributed by atoms with Crippen molar-refractivity contribution in [2.45, 2.75) is 18.9 Å². The summed E-state index contributed by atoms with van der Waals surface area (Å²) in [7, 11) is 0. The number of aromatic hydroxyl groups is 1. The summed E-state index contributed by atoms with van der Waals surface area (Å²) in [6.45, 7) is 0.156. The van der Waals surface area contributed by atoms with Gasteiger partial charge in [0.2, 0.25) is 5.91 Å². The van der Waals surface area contributed by atoms with E-state index >= 15 is 0 Å². The van der Waals surface area contributed by atoms with Gasteiger partial charge in [0.15, 0.2) is 12.6 Å². The topological polar surface area (TPSA) is 83.9 Å². The largest absolute Gasteiger partial charge is 0.507 e. The number of rotatable bonds is 6. The highest BCUT2D eigenvalue weighted by Crippen LogP contribution is 2.31. The van der Waals surface area contributed by atoms with Gasteiger partial charge in [0.1, 0.15) is 18.1 Å². The van der Waals surface area contributed by atoms with Crippen LogP contribution in [0.25, 0.3) is 0 Å². The molecule has 2 aromatic rings. The molecule has 6 heteroatoms. The monoisotopic (exact) mass is 339 g/mol. The molecule has 25 heavy (non-hydrogen) atoms. The molecule has 1 amide bonds. The van der Waals surface area contributed by atoms with Crippen LogP contribution in [0.3, 0.4) is 0 Å². The maximum Gasteiger partial charge on any atom is 0.227 e. The fourth-order valence-corrected chi connectivity index (χ4v) is 3.00. The van der Waals surface area contributed by atoms with Gasteiger partial charge >= 0.3 is 0 Å². The van der Waals surface area contributed by atoms with Crippen molar-refractivity contribution >= 4 is 24.2 Å². The Morgan fingerprint density at radius 2 is 1.92 bits per heavy atom. The van der Waals surface area contributed by atoms with Crippen molar-refractivity contribution in [1.29, 1.82) is 0 Å². The molecule has 1 aliphatic heterocycles. The van der Waals surface area contributed by atoms with E-state index in [1.54, 1.807) is 41.3 Å². The minimum absolute atomic E-state index is 0.0746. The van der Waals surface area contributed by atoms with Crippen LogP contribution in [-0.4, -0.2) is 36.2 Å². The van der Waals surface area contributed by atoms with Gasteiger partial charge in [-0.3, -0.25) is 14.4 Å². The number of phenols is 1. The van der Waals surface area contributed by atoms with Gasteiger partial charge in [-0.05, 0) is 30.7 Å². The summed E-state index contributed by atoms with van der Waals surface area (Å²) >= 11 is 0. The first-order chi connectivity index (χ1) is 12.2. The molecular formula is C19H17NO5. The van der Waals surface area contributed by atoms with E-state index in [-0.39, 0.29) is 35.6 Å². The summed E-state index contributed by atoms with van der Waals surface area (Å²) in [6.07, 6.45) is 2.20. The minimum atomic E-state index is -0.254. The smallest absolute Gasteiger partial charge is 0.227 e. The van der Waals surface area contributed by atoms with Gasteiger partial charge in [-0.1, -0.05) is 18.2 Å². The van der Waals surface area contributed by atoms with Gasteiger partial charge in [0.25, 0.3) is 0 Å². The average molecular weight is 339 g/mol. The first-order valence-electron chi connectivity index (χ1n) is 7.92. The predicted molar refractivity (Wildman–Crippen MR) is 91.3 cm³/mol. The normalized spacial score (nSPS) is 16.7. The lowest BCUT2D eigenvalue weighted by atomic mass is 10.1. The van der Waals surface area contributed by atoms with Gasteiger partial charge < -0.3 is 14.7 Å². The Labute approximate surface area is 144 Å². The standard InChI is InChI=1S/C19H17NO5/c21-10-13-4-1-2-5-16(13)20-14(8-9-19(20)24)12-25-18-7-3-6-17(23)15(18)11-22/h1-7,10-11,14,23H,8-9,12H2/t14-/m0/s1. The molecule has 1 heterocycles. The Morgan fingerprint density at radius 1 is 1.12 bits per heavy atom. The number of hydrogen-bond donors (Lipinski definition) is 1. The zero-order chi connectivity index (χ0) is 17.8. The third kappa shape index (κ3) is 3.24. The molecule has 1 atom stereocenters. The van der Waals surface area contributed by atoms with Crippen LogP contribution in [0.15, 0.2) is 42.5 Å². The van der Waals surface area contributed by atoms with E-state index in [2.05, 4.69) is 0 Å². The van der Waals surface area contributed by atoms with Crippen LogP contribution in [0.5, 0.6) is 11.5 Å². The number of phenolic OH excluding ortho intramolecular Hbond substituents is 1. The van der Waals surface area contributed by atoms with Crippen molar-refractivity contribution in [3.05, 3.63) is 53.6 Å². The van der Waals surface area contributed by atoms with E-state index in [0.717, 1.165) is 6.29 Å². The van der Waals surface area contributed by atoms with Crippen molar-refractivity contribution in [2.24, 2.45) is 0 Å². The van der Waals surface area contributed by atoms with Gasteiger partial charge in [-0.25, -0.2) is 0 Å². The third-order valence-electron chi connectivity index (χ3n) is 4.24. The second kappa shape index (κ2) is 7.17. The molecule has 3 rings (SSSR count). The van der Waals surface area contributed by atoms with Gasteiger partial charge in [-0.15, -0.1) is 0 Å². The van der Waals surface area contributed by atoms with Crippen molar-refractivity contribution in [1.82, 2.24) is 0 Å². The fraction of sp³-hybridized carbons (Fsp3) is 0.211. The molecule has 6 nitrogen and oxygen atoms in total. The molecule has 1 N–H and O–H groups in total. The van der Waals surface area contributed by atoms with Crippen molar-refractivity contribution in [3.8, 4) is 11.5 Å². The zero-order valence-electron chi connectivity index (χ0n) is 13.4. The SMILES string of the molecule is O=Cc1ccccc1N1C(=O)CC[C@H]1COc1cccc(O)c1C=O. The first kappa shape index (κ1) is 16.7. The average Bonchev–Trinajstić information content (AvgIpc) is 3.00. The number of aldehydes is 2. The van der Waals surface area contributed by atoms with Gasteiger partial charge in [0.05, 0.1) is 17.3 Å². The first-order valence-corrected chi connectivity index (χ1v) is 7.92. The van der Waals surface area contributed by atoms with E-state index in [1.807, 2.05) is 0 Å². The predicted octanol–water partition coefficient (Wildman–Crippen LogP) is 2.59. The van der Waals surface area contributed by atoms with Crippen molar-refractivity contribution in [3.63, 3.8) is 0 Å². The van der Waals surface area contributed by atoms with Crippen LogP contribution in [0.4, 0.5) is 5.69 Å². The molecule has 1 fully saturated rings. The summed E-state index contributed by atoms with van der Waals surface area (Å²) in [5.41, 5.74) is 1.07. The van der Waals surface area contributed by atoms with Crippen molar-refractivity contribution < 1.29 is 24.2 Å². The highest BCUT2D eigenvalue weighted by atomic mass is 16.5. The minimum Gasteiger partial charge on any atom is -0.507 e. The molecule has 1 aliphatic rings. The second-order valence-corrected chi connectivity index (χ2v) is 5.75. The second-order valence-electron chi connectivity index (χ2n) is 5.75. The maximum absolute atomic E-state index is 12.3. The van der Waals surface area contributed by atoms with Crippen LogP contribution >= 0.6 is 0 Å². The molecule has 0 bridgehead atoms. The number of para-hydroxylation sites is 1. The Morgan fingerprint density at radius 3 is 2.68 bits per heavy atom. The molecule has 0 unspecified atom stereocenters. The molecule has 0 aromatic heterocycles. The van der Waals surface area contributed by atoms with Crippen LogP contribution in [0, 0.1) is 0 Å². The number of carbonyl (C=O) groups is 3. The highest BCUT2D eigenvalue weighted by Gasteiger charge is 2.34. The van der Waals surface area contributed by atoms with E-state index in [0.29, 0.717) is 30.4 Å². The summed E-state index contributed by atoms with van der Waals surface area (Å²) in [5.74, 6) is 0.0329. The maximum atomic E-state index is 12.3. The Balaban J connectivity index is 1.83. The van der Waals surface area contributed by atoms with Crippen molar-refractivity contribution in [2.75, 3.05) is 11.5 Å². The number of ether oxygens (including phenoxy) is 1. The number of hydrogen-bond acceptors (Lipinski definition) is 5. The van der Waals surface area contributed by atoms with Crippen LogP contribution < -0.4 is 9.64 Å². The Kier molecular flexibility index (Phi) is 4.79. The fourth-order valence-electron chi connectivity index (χ4n) is 3.00. The molecule has 0 radical (unpaired) electrons. The number of benzene rings is 2. The molecular weight excluding hydrogens is 322 g/mol. The number of amides is 1. The van der Waals surface area contributed by atoms with Gasteiger partial charge in [-0.2, -0.15) is 0 Å². The van der Waals surface area contributed by atoms with Crippen LogP contribution in [0.1, 0.15) is 33.6 Å². The Hall–Kier alpha value is -3.15. The van der Waals surface area contributed by atoms with E-state index in [9.17, 15) is 19.5 Å². The third-order valence-corrected chi connectivity index (χ3v) is 4.24. The summed E-state index contributed by atoms with van der Waals surface area (Å²) in [6, 6.07) is 11.2. The molecule has 128 valence electrons. The molecule has 0 spiro atoms. The molecule has 2 aromatic carbocycles. The number of carbonyl (C=O) groups excluding carboxylic acids is 3. The number of anilines is 1. The summed E-state index contributed by atoms with van der Waals surface area (Å²) in [4.78, 5) is 36.3. The van der Waals surface area contributed by atoms with Crippen LogP contribution in [0.2, 0.25) is 0 Å². The van der Waals surface area contributed by atoms with E-state index in [4.69, 9.17) is 4.74 Å². The summed E-state index contributed by atoms with van der Waals surface area (Å²) < 4.78 is 5.69. The number of nitrogens with zero attached hydrogens (tertiary/aromatic N) is 1. The van der Waals surface area contributed by atoms with Gasteiger partial charge in [0, 0.05) is 12.0 Å². The quantitative estimate of drug-likeness (QED) is 0.818. The lowest BCUT2D eigenvalue weighted by Gasteiger charge is -2.26. The lowest BCUT2D eigenvalue weighted by molar-refractivity contribution is -0.117. The zero-order valence-corrected chi connectivity index (χ0v) is 13.4. The molecule has 1 saturated heterocycles. The highest BCUT2D eigenvalue weighted by molar-refractivity contribution is 6.00. The Bertz CT molecular complexity index is 817. The lowest BCUT2D eigenvalue weighted by Crippen LogP contribution is -2.37. The van der Waals surface area contributed by atoms with E-state index < -0.39 is 0 Å². The van der Waals surface area contributed by atoms with Crippen LogP contribution in [-0.2, 0) is 4.79 Å². The molecule has 0 saturated carbocycles. The summed E-state index contributed by atoms with van der Waals surface area (Å²) in [5, 5.41) is 9.71. The van der Waals surface area contributed by atoms with E-state index in [1.165, 1.54) is 6.07 Å². The molecule has 0 aliphatic carbocycles.